The smallest absolute Gasteiger partial charge is 0.375 e. The van der Waals surface area contributed by atoms with Crippen LogP contribution in [-0.2, 0) is 11.0 Å². The van der Waals surface area contributed by atoms with Crippen LogP contribution in [-0.4, -0.2) is 19.0 Å². The molecule has 0 bridgehead atoms. The Balaban J connectivity index is 2.13. The molecule has 0 saturated carbocycles. The SMILES string of the molecule is CCN(C(=O)CNc1cc(C(F)(F)F)ccc1Cl)c1cccc(C)c1. The lowest BCUT2D eigenvalue weighted by Crippen LogP contribution is -2.35. The van der Waals surface area contributed by atoms with Crippen LogP contribution in [0.1, 0.15) is 18.1 Å². The highest BCUT2D eigenvalue weighted by atomic mass is 35.5. The van der Waals surface area contributed by atoms with Gasteiger partial charge in [0.1, 0.15) is 0 Å². The van der Waals surface area contributed by atoms with E-state index in [1.54, 1.807) is 4.90 Å². The first-order valence-corrected chi connectivity index (χ1v) is 8.08. The number of rotatable bonds is 5. The Kier molecular flexibility index (Phi) is 5.95. The number of alkyl halides is 3. The summed E-state index contributed by atoms with van der Waals surface area (Å²) in [5.41, 5.74) is 1.00. The van der Waals surface area contributed by atoms with Gasteiger partial charge >= 0.3 is 6.18 Å². The molecule has 25 heavy (non-hydrogen) atoms. The van der Waals surface area contributed by atoms with Crippen LogP contribution in [0.4, 0.5) is 24.5 Å². The quantitative estimate of drug-likeness (QED) is 0.791. The Morgan fingerprint density at radius 2 is 1.92 bits per heavy atom. The maximum Gasteiger partial charge on any atom is 0.416 e. The fourth-order valence-corrected chi connectivity index (χ4v) is 2.59. The van der Waals surface area contributed by atoms with Gasteiger partial charge in [0.15, 0.2) is 0 Å². The van der Waals surface area contributed by atoms with Gasteiger partial charge in [-0.05, 0) is 49.7 Å². The zero-order valence-electron chi connectivity index (χ0n) is 13.8. The highest BCUT2D eigenvalue weighted by Crippen LogP contribution is 2.33. The first kappa shape index (κ1) is 19.1. The van der Waals surface area contributed by atoms with Crippen molar-refractivity contribution < 1.29 is 18.0 Å². The number of anilines is 2. The van der Waals surface area contributed by atoms with Crippen molar-refractivity contribution in [2.24, 2.45) is 0 Å². The molecule has 7 heteroatoms. The predicted octanol–water partition coefficient (Wildman–Crippen LogP) is 5.13. The van der Waals surface area contributed by atoms with E-state index in [0.29, 0.717) is 6.54 Å². The van der Waals surface area contributed by atoms with Crippen molar-refractivity contribution in [2.45, 2.75) is 20.0 Å². The molecule has 2 aromatic rings. The monoisotopic (exact) mass is 370 g/mol. The summed E-state index contributed by atoms with van der Waals surface area (Å²) in [4.78, 5) is 14.0. The molecule has 0 aliphatic carbocycles. The average Bonchev–Trinajstić information content (AvgIpc) is 2.53. The fourth-order valence-electron chi connectivity index (χ4n) is 2.40. The molecule has 2 aromatic carbocycles. The van der Waals surface area contributed by atoms with E-state index in [2.05, 4.69) is 5.32 Å². The highest BCUT2D eigenvalue weighted by molar-refractivity contribution is 6.33. The van der Waals surface area contributed by atoms with Crippen molar-refractivity contribution in [3.05, 3.63) is 58.6 Å². The Bertz CT molecular complexity index is 762. The van der Waals surface area contributed by atoms with Crippen molar-refractivity contribution in [3.8, 4) is 0 Å². The number of likely N-dealkylation sites (N-methyl/N-ethyl adjacent to an activating group) is 1. The van der Waals surface area contributed by atoms with Crippen molar-refractivity contribution in [3.63, 3.8) is 0 Å². The maximum atomic E-state index is 12.8. The van der Waals surface area contributed by atoms with Gasteiger partial charge in [-0.1, -0.05) is 23.7 Å². The molecule has 0 spiro atoms. The van der Waals surface area contributed by atoms with E-state index in [9.17, 15) is 18.0 Å². The third kappa shape index (κ3) is 4.89. The number of nitrogens with one attached hydrogen (secondary N) is 1. The summed E-state index contributed by atoms with van der Waals surface area (Å²) in [6.45, 7) is 4.03. The van der Waals surface area contributed by atoms with Crippen LogP contribution < -0.4 is 10.2 Å². The molecule has 0 atom stereocenters. The van der Waals surface area contributed by atoms with Gasteiger partial charge < -0.3 is 10.2 Å². The molecule has 2 rings (SSSR count). The summed E-state index contributed by atoms with van der Waals surface area (Å²) in [5.74, 6) is -0.262. The molecule has 0 aliphatic heterocycles. The number of hydrogen-bond acceptors (Lipinski definition) is 2. The number of benzene rings is 2. The van der Waals surface area contributed by atoms with E-state index in [-0.39, 0.29) is 23.2 Å². The van der Waals surface area contributed by atoms with E-state index in [1.807, 2.05) is 38.1 Å². The summed E-state index contributed by atoms with van der Waals surface area (Å²) < 4.78 is 38.4. The van der Waals surface area contributed by atoms with E-state index < -0.39 is 11.7 Å². The summed E-state index contributed by atoms with van der Waals surface area (Å²) in [6.07, 6.45) is -4.47. The molecule has 134 valence electrons. The molecule has 0 saturated heterocycles. The van der Waals surface area contributed by atoms with Crippen molar-refractivity contribution in [1.29, 1.82) is 0 Å². The number of carbonyl (C=O) groups excluding carboxylic acids is 1. The fraction of sp³-hybridized carbons (Fsp3) is 0.278. The van der Waals surface area contributed by atoms with Crippen LogP contribution >= 0.6 is 11.6 Å². The minimum absolute atomic E-state index is 0.0742. The van der Waals surface area contributed by atoms with Gasteiger partial charge in [0.2, 0.25) is 5.91 Å². The molecule has 0 aliphatic rings. The second-order valence-electron chi connectivity index (χ2n) is 5.52. The van der Waals surface area contributed by atoms with E-state index >= 15 is 0 Å². The summed E-state index contributed by atoms with van der Waals surface area (Å²) in [5, 5.41) is 2.83. The second-order valence-corrected chi connectivity index (χ2v) is 5.93. The number of amides is 1. The minimum atomic E-state index is -4.47. The molecule has 1 N–H and O–H groups in total. The molecule has 0 unspecified atom stereocenters. The first-order valence-electron chi connectivity index (χ1n) is 7.70. The van der Waals surface area contributed by atoms with Crippen LogP contribution in [0.25, 0.3) is 0 Å². The lowest BCUT2D eigenvalue weighted by atomic mass is 10.2. The number of halogens is 4. The largest absolute Gasteiger partial charge is 0.416 e. The van der Waals surface area contributed by atoms with Crippen LogP contribution in [0.5, 0.6) is 0 Å². The molecular weight excluding hydrogens is 353 g/mol. The lowest BCUT2D eigenvalue weighted by molar-refractivity contribution is -0.137. The molecule has 0 radical (unpaired) electrons. The van der Waals surface area contributed by atoms with Crippen LogP contribution in [0.15, 0.2) is 42.5 Å². The Labute approximate surface area is 149 Å². The number of nitrogens with zero attached hydrogens (tertiary/aromatic N) is 1. The van der Waals surface area contributed by atoms with Gasteiger partial charge in [-0.25, -0.2) is 0 Å². The van der Waals surface area contributed by atoms with Crippen molar-refractivity contribution in [2.75, 3.05) is 23.3 Å². The number of aryl methyl sites for hydroxylation is 1. The summed E-state index contributed by atoms with van der Waals surface area (Å²) in [6, 6.07) is 10.4. The molecule has 0 aromatic heterocycles. The average molecular weight is 371 g/mol. The normalized spacial score (nSPS) is 11.3. The molecular formula is C18H18ClF3N2O. The van der Waals surface area contributed by atoms with Gasteiger partial charge in [0.05, 0.1) is 22.8 Å². The first-order chi connectivity index (χ1) is 11.7. The molecule has 0 fully saturated rings. The minimum Gasteiger partial charge on any atom is -0.375 e. The maximum absolute atomic E-state index is 12.8. The van der Waals surface area contributed by atoms with Gasteiger partial charge in [-0.15, -0.1) is 0 Å². The van der Waals surface area contributed by atoms with Crippen LogP contribution in [0.2, 0.25) is 5.02 Å². The molecule has 1 amide bonds. The Morgan fingerprint density at radius 3 is 2.52 bits per heavy atom. The van der Waals surface area contributed by atoms with E-state index in [1.165, 1.54) is 0 Å². The summed E-state index contributed by atoms with van der Waals surface area (Å²) in [7, 11) is 0. The zero-order valence-corrected chi connectivity index (χ0v) is 14.6. The van der Waals surface area contributed by atoms with Crippen molar-refractivity contribution >= 4 is 28.9 Å². The standard InChI is InChI=1S/C18H18ClF3N2O/c1-3-24(14-6-4-5-12(2)9-14)17(25)11-23-16-10-13(18(20,21)22)7-8-15(16)19/h4-10,23H,3,11H2,1-2H3. The third-order valence-corrected chi connectivity index (χ3v) is 3.98. The molecule has 3 nitrogen and oxygen atoms in total. The van der Waals surface area contributed by atoms with Gasteiger partial charge in [-0.3, -0.25) is 4.79 Å². The van der Waals surface area contributed by atoms with E-state index in [0.717, 1.165) is 29.4 Å². The van der Waals surface area contributed by atoms with Crippen molar-refractivity contribution in [1.82, 2.24) is 0 Å². The number of hydrogen-bond donors (Lipinski definition) is 1. The number of carbonyl (C=O) groups is 1. The van der Waals surface area contributed by atoms with Crippen LogP contribution in [0, 0.1) is 6.92 Å². The van der Waals surface area contributed by atoms with Crippen LogP contribution in [0.3, 0.4) is 0 Å². The van der Waals surface area contributed by atoms with Gasteiger partial charge in [0, 0.05) is 12.2 Å². The zero-order chi connectivity index (χ0) is 18.6. The Hall–Kier alpha value is -2.21. The summed E-state index contributed by atoms with van der Waals surface area (Å²) >= 11 is 5.93. The Morgan fingerprint density at radius 1 is 1.20 bits per heavy atom. The second kappa shape index (κ2) is 7.78. The topological polar surface area (TPSA) is 32.3 Å². The highest BCUT2D eigenvalue weighted by Gasteiger charge is 2.31. The van der Waals surface area contributed by atoms with Gasteiger partial charge in [0.25, 0.3) is 0 Å². The predicted molar refractivity (Wildman–Crippen MR) is 94.1 cm³/mol. The van der Waals surface area contributed by atoms with Gasteiger partial charge in [-0.2, -0.15) is 13.2 Å². The third-order valence-electron chi connectivity index (χ3n) is 3.65. The van der Waals surface area contributed by atoms with E-state index in [4.69, 9.17) is 11.6 Å². The lowest BCUT2D eigenvalue weighted by Gasteiger charge is -2.22. The molecule has 0 heterocycles.